The molecule has 2 heterocycles. The minimum Gasteiger partial charge on any atom is -0.346 e. The molecule has 1 aromatic heterocycles. The zero-order valence-corrected chi connectivity index (χ0v) is 11.8. The summed E-state index contributed by atoms with van der Waals surface area (Å²) in [5.41, 5.74) is 0. The van der Waals surface area contributed by atoms with Crippen LogP contribution < -0.4 is 5.32 Å². The highest BCUT2D eigenvalue weighted by Gasteiger charge is 2.30. The van der Waals surface area contributed by atoms with Gasteiger partial charge in [0, 0.05) is 0 Å². The average molecular weight is 266 g/mol. The SMILES string of the molecule is Cc1noc(CNC(=O)[C@H](C(C)C)N2CCCC2)n1. The van der Waals surface area contributed by atoms with Gasteiger partial charge in [-0.2, -0.15) is 4.98 Å². The highest BCUT2D eigenvalue weighted by Crippen LogP contribution is 2.17. The maximum Gasteiger partial charge on any atom is 0.246 e. The van der Waals surface area contributed by atoms with E-state index in [0.717, 1.165) is 13.1 Å². The Bertz CT molecular complexity index is 424. The van der Waals surface area contributed by atoms with Crippen molar-refractivity contribution in [1.29, 1.82) is 0 Å². The van der Waals surface area contributed by atoms with E-state index in [-0.39, 0.29) is 11.9 Å². The van der Waals surface area contributed by atoms with Gasteiger partial charge >= 0.3 is 0 Å². The lowest BCUT2D eigenvalue weighted by atomic mass is 10.0. The maximum atomic E-state index is 12.3. The summed E-state index contributed by atoms with van der Waals surface area (Å²) in [4.78, 5) is 18.7. The largest absolute Gasteiger partial charge is 0.346 e. The molecule has 0 bridgehead atoms. The van der Waals surface area contributed by atoms with Gasteiger partial charge in [0.25, 0.3) is 0 Å². The standard InChI is InChI=1S/C13H22N4O2/c1-9(2)12(17-6-4-5-7-17)13(18)14-8-11-15-10(3)16-19-11/h9,12H,4-8H2,1-3H3,(H,14,18)/t12-/m0/s1. The summed E-state index contributed by atoms with van der Waals surface area (Å²) in [7, 11) is 0. The highest BCUT2D eigenvalue weighted by atomic mass is 16.5. The van der Waals surface area contributed by atoms with E-state index < -0.39 is 0 Å². The molecule has 0 unspecified atom stereocenters. The van der Waals surface area contributed by atoms with Crippen LogP contribution >= 0.6 is 0 Å². The van der Waals surface area contributed by atoms with Gasteiger partial charge in [0.15, 0.2) is 5.82 Å². The Morgan fingerprint density at radius 1 is 1.42 bits per heavy atom. The molecule has 1 amide bonds. The number of aromatic nitrogens is 2. The van der Waals surface area contributed by atoms with Crippen LogP contribution in [-0.2, 0) is 11.3 Å². The third kappa shape index (κ3) is 3.53. The lowest BCUT2D eigenvalue weighted by Gasteiger charge is -2.29. The molecule has 1 aliphatic heterocycles. The first-order valence-corrected chi connectivity index (χ1v) is 6.89. The first kappa shape index (κ1) is 14.0. The first-order chi connectivity index (χ1) is 9.08. The van der Waals surface area contributed by atoms with Crippen molar-refractivity contribution >= 4 is 5.91 Å². The molecule has 1 fully saturated rings. The van der Waals surface area contributed by atoms with Gasteiger partial charge in [0.1, 0.15) is 0 Å². The normalized spacial score (nSPS) is 17.9. The summed E-state index contributed by atoms with van der Waals surface area (Å²) >= 11 is 0. The number of likely N-dealkylation sites (tertiary alicyclic amines) is 1. The Balaban J connectivity index is 1.92. The van der Waals surface area contributed by atoms with Crippen LogP contribution in [0.4, 0.5) is 0 Å². The molecule has 1 atom stereocenters. The Kier molecular flexibility index (Phi) is 4.52. The Morgan fingerprint density at radius 2 is 2.11 bits per heavy atom. The second-order valence-corrected chi connectivity index (χ2v) is 5.39. The molecule has 6 heteroatoms. The quantitative estimate of drug-likeness (QED) is 0.864. The van der Waals surface area contributed by atoms with Crippen molar-refractivity contribution in [1.82, 2.24) is 20.4 Å². The van der Waals surface area contributed by atoms with Crippen LogP contribution in [-0.4, -0.2) is 40.1 Å². The summed E-state index contributed by atoms with van der Waals surface area (Å²) in [5, 5.41) is 6.60. The number of hydrogen-bond acceptors (Lipinski definition) is 5. The van der Waals surface area contributed by atoms with Crippen molar-refractivity contribution in [3.8, 4) is 0 Å². The van der Waals surface area contributed by atoms with Gasteiger partial charge in [0.05, 0.1) is 12.6 Å². The molecule has 106 valence electrons. The van der Waals surface area contributed by atoms with Crippen molar-refractivity contribution in [2.45, 2.75) is 46.2 Å². The van der Waals surface area contributed by atoms with Crippen molar-refractivity contribution < 1.29 is 9.32 Å². The van der Waals surface area contributed by atoms with Crippen LogP contribution in [0.5, 0.6) is 0 Å². The van der Waals surface area contributed by atoms with Crippen LogP contribution in [0, 0.1) is 12.8 Å². The zero-order chi connectivity index (χ0) is 13.8. The average Bonchev–Trinajstić information content (AvgIpc) is 2.98. The summed E-state index contributed by atoms with van der Waals surface area (Å²) in [5.74, 6) is 1.38. The van der Waals surface area contributed by atoms with Crippen LogP contribution in [0.15, 0.2) is 4.52 Å². The van der Waals surface area contributed by atoms with Crippen LogP contribution in [0.25, 0.3) is 0 Å². The van der Waals surface area contributed by atoms with Gasteiger partial charge in [-0.3, -0.25) is 9.69 Å². The highest BCUT2D eigenvalue weighted by molar-refractivity contribution is 5.81. The summed E-state index contributed by atoms with van der Waals surface area (Å²) in [6.07, 6.45) is 2.36. The molecule has 0 spiro atoms. The number of carbonyl (C=O) groups is 1. The van der Waals surface area contributed by atoms with Gasteiger partial charge in [-0.15, -0.1) is 0 Å². The van der Waals surface area contributed by atoms with Crippen molar-refractivity contribution in [3.05, 3.63) is 11.7 Å². The zero-order valence-electron chi connectivity index (χ0n) is 11.8. The van der Waals surface area contributed by atoms with Crippen molar-refractivity contribution in [2.75, 3.05) is 13.1 Å². The fourth-order valence-electron chi connectivity index (χ4n) is 2.59. The molecule has 19 heavy (non-hydrogen) atoms. The van der Waals surface area contributed by atoms with Gasteiger partial charge in [-0.05, 0) is 38.8 Å². The number of rotatable bonds is 5. The van der Waals surface area contributed by atoms with Crippen molar-refractivity contribution in [2.24, 2.45) is 5.92 Å². The summed E-state index contributed by atoms with van der Waals surface area (Å²) in [6, 6.07) is -0.0634. The van der Waals surface area contributed by atoms with E-state index in [4.69, 9.17) is 4.52 Å². The number of hydrogen-bond donors (Lipinski definition) is 1. The molecule has 2 rings (SSSR count). The van der Waals surface area contributed by atoms with E-state index in [1.807, 2.05) is 0 Å². The fraction of sp³-hybridized carbons (Fsp3) is 0.769. The first-order valence-electron chi connectivity index (χ1n) is 6.89. The van der Waals surface area contributed by atoms with Crippen LogP contribution in [0.3, 0.4) is 0 Å². The molecule has 1 N–H and O–H groups in total. The smallest absolute Gasteiger partial charge is 0.246 e. The predicted octanol–water partition coefficient (Wildman–Crippen LogP) is 1.11. The minimum atomic E-state index is -0.0634. The number of nitrogens with zero attached hydrogens (tertiary/aromatic N) is 3. The number of amides is 1. The number of nitrogens with one attached hydrogen (secondary N) is 1. The molecular formula is C13H22N4O2. The van der Waals surface area contributed by atoms with E-state index in [1.54, 1.807) is 6.92 Å². The lowest BCUT2D eigenvalue weighted by Crippen LogP contribution is -2.48. The molecule has 1 saturated heterocycles. The molecule has 0 radical (unpaired) electrons. The van der Waals surface area contributed by atoms with E-state index in [0.29, 0.717) is 24.2 Å². The summed E-state index contributed by atoms with van der Waals surface area (Å²) < 4.78 is 4.99. The summed E-state index contributed by atoms with van der Waals surface area (Å²) in [6.45, 7) is 8.25. The van der Waals surface area contributed by atoms with Crippen molar-refractivity contribution in [3.63, 3.8) is 0 Å². The van der Waals surface area contributed by atoms with Crippen LogP contribution in [0.1, 0.15) is 38.4 Å². The monoisotopic (exact) mass is 266 g/mol. The molecule has 0 aliphatic carbocycles. The Morgan fingerprint density at radius 3 is 2.63 bits per heavy atom. The van der Waals surface area contributed by atoms with E-state index in [1.165, 1.54) is 12.8 Å². The third-order valence-electron chi connectivity index (χ3n) is 3.42. The maximum absolute atomic E-state index is 12.3. The second kappa shape index (κ2) is 6.14. The van der Waals surface area contributed by atoms with Gasteiger partial charge in [-0.25, -0.2) is 0 Å². The number of aryl methyl sites for hydroxylation is 1. The molecule has 6 nitrogen and oxygen atoms in total. The van der Waals surface area contributed by atoms with E-state index in [2.05, 4.69) is 34.2 Å². The Labute approximate surface area is 113 Å². The lowest BCUT2D eigenvalue weighted by molar-refractivity contribution is -0.127. The Hall–Kier alpha value is -1.43. The second-order valence-electron chi connectivity index (χ2n) is 5.39. The van der Waals surface area contributed by atoms with Gasteiger partial charge < -0.3 is 9.84 Å². The topological polar surface area (TPSA) is 71.3 Å². The van der Waals surface area contributed by atoms with E-state index >= 15 is 0 Å². The molecule has 1 aliphatic rings. The molecule has 0 aromatic carbocycles. The van der Waals surface area contributed by atoms with Gasteiger partial charge in [0.2, 0.25) is 11.8 Å². The van der Waals surface area contributed by atoms with E-state index in [9.17, 15) is 4.79 Å². The minimum absolute atomic E-state index is 0.0488. The molecule has 1 aromatic rings. The fourth-order valence-corrected chi connectivity index (χ4v) is 2.59. The molecule has 0 saturated carbocycles. The molecular weight excluding hydrogens is 244 g/mol. The van der Waals surface area contributed by atoms with Gasteiger partial charge in [-0.1, -0.05) is 19.0 Å². The number of carbonyl (C=O) groups excluding carboxylic acids is 1. The predicted molar refractivity (Wildman–Crippen MR) is 70.3 cm³/mol. The van der Waals surface area contributed by atoms with Crippen LogP contribution in [0.2, 0.25) is 0 Å². The third-order valence-corrected chi connectivity index (χ3v) is 3.42.